The highest BCUT2D eigenvalue weighted by Gasteiger charge is 2.24. The van der Waals surface area contributed by atoms with Crippen LogP contribution < -0.4 is 0 Å². The third-order valence-corrected chi connectivity index (χ3v) is 4.17. The third kappa shape index (κ3) is 2.87. The third-order valence-electron chi connectivity index (χ3n) is 3.98. The smallest absolute Gasteiger partial charge is 0.254 e. The lowest BCUT2D eigenvalue weighted by Gasteiger charge is -2.31. The summed E-state index contributed by atoms with van der Waals surface area (Å²) in [6, 6.07) is 9.24. The number of methoxy groups -OCH3 is 1. The highest BCUT2D eigenvalue weighted by atomic mass is 35.5. The first-order chi connectivity index (χ1) is 10.2. The predicted molar refractivity (Wildman–Crippen MR) is 82.7 cm³/mol. The number of para-hydroxylation sites is 1. The Kier molecular flexibility index (Phi) is 4.08. The molecular weight excluding hydrogens is 288 g/mol. The minimum Gasteiger partial charge on any atom is -0.381 e. The summed E-state index contributed by atoms with van der Waals surface area (Å²) in [6.45, 7) is 1.43. The van der Waals surface area contributed by atoms with Gasteiger partial charge in [-0.1, -0.05) is 29.8 Å². The number of fused-ring (bicyclic) bond motifs is 1. The van der Waals surface area contributed by atoms with Gasteiger partial charge in [-0.25, -0.2) is 4.98 Å². The van der Waals surface area contributed by atoms with Crippen molar-refractivity contribution in [2.24, 2.45) is 0 Å². The molecule has 1 fully saturated rings. The summed E-state index contributed by atoms with van der Waals surface area (Å²) in [5, 5.41) is 1.20. The molecule has 0 radical (unpaired) electrons. The molecule has 110 valence electrons. The summed E-state index contributed by atoms with van der Waals surface area (Å²) in [4.78, 5) is 18.9. The first-order valence-corrected chi connectivity index (χ1v) is 7.44. The number of carbonyl (C=O) groups is 1. The predicted octanol–water partition coefficient (Wildman–Crippen LogP) is 3.14. The van der Waals surface area contributed by atoms with Crippen molar-refractivity contribution in [1.82, 2.24) is 9.88 Å². The van der Waals surface area contributed by atoms with E-state index in [-0.39, 0.29) is 12.0 Å². The Balaban J connectivity index is 1.91. The van der Waals surface area contributed by atoms with Crippen molar-refractivity contribution in [2.45, 2.75) is 18.9 Å². The van der Waals surface area contributed by atoms with Crippen molar-refractivity contribution in [3.05, 3.63) is 41.0 Å². The van der Waals surface area contributed by atoms with Crippen LogP contribution in [-0.4, -0.2) is 42.1 Å². The maximum absolute atomic E-state index is 12.8. The Morgan fingerprint density at radius 1 is 1.33 bits per heavy atom. The Bertz CT molecular complexity index is 666. The molecule has 1 aromatic carbocycles. The number of likely N-dealkylation sites (tertiary alicyclic amines) is 1. The first-order valence-electron chi connectivity index (χ1n) is 7.06. The van der Waals surface area contributed by atoms with Crippen LogP contribution in [0.4, 0.5) is 0 Å². The zero-order chi connectivity index (χ0) is 14.8. The van der Waals surface area contributed by atoms with Crippen LogP contribution in [0, 0.1) is 0 Å². The number of carbonyl (C=O) groups excluding carboxylic acids is 1. The zero-order valence-corrected chi connectivity index (χ0v) is 12.6. The first kappa shape index (κ1) is 14.3. The number of amides is 1. The molecule has 0 N–H and O–H groups in total. The van der Waals surface area contributed by atoms with Crippen LogP contribution in [0.3, 0.4) is 0 Å². The number of piperidine rings is 1. The SMILES string of the molecule is COC1CCN(C(=O)c2cc(Cl)nc3ccccc23)CC1. The van der Waals surface area contributed by atoms with Crippen LogP contribution in [-0.2, 0) is 4.74 Å². The summed E-state index contributed by atoms with van der Waals surface area (Å²) < 4.78 is 5.35. The number of halogens is 1. The summed E-state index contributed by atoms with van der Waals surface area (Å²) in [6.07, 6.45) is 2.00. The molecule has 3 rings (SSSR count). The van der Waals surface area contributed by atoms with Gasteiger partial charge in [0.2, 0.25) is 0 Å². The topological polar surface area (TPSA) is 42.4 Å². The maximum atomic E-state index is 12.8. The van der Waals surface area contributed by atoms with Gasteiger partial charge in [0.15, 0.2) is 0 Å². The number of rotatable bonds is 2. The lowest BCUT2D eigenvalue weighted by molar-refractivity contribution is 0.0352. The number of nitrogens with zero attached hydrogens (tertiary/aromatic N) is 2. The zero-order valence-electron chi connectivity index (χ0n) is 11.9. The molecule has 0 aliphatic carbocycles. The van der Waals surface area contributed by atoms with Crippen LogP contribution in [0.2, 0.25) is 5.15 Å². The molecule has 1 saturated heterocycles. The van der Waals surface area contributed by atoms with Crippen molar-refractivity contribution in [3.63, 3.8) is 0 Å². The number of pyridine rings is 1. The van der Waals surface area contributed by atoms with E-state index in [4.69, 9.17) is 16.3 Å². The minimum atomic E-state index is 0.0186. The van der Waals surface area contributed by atoms with E-state index in [1.54, 1.807) is 13.2 Å². The average molecular weight is 305 g/mol. The summed E-state index contributed by atoms with van der Waals surface area (Å²) >= 11 is 6.05. The molecule has 4 nitrogen and oxygen atoms in total. The molecule has 21 heavy (non-hydrogen) atoms. The van der Waals surface area contributed by atoms with Gasteiger partial charge in [-0.3, -0.25) is 4.79 Å². The number of hydrogen-bond acceptors (Lipinski definition) is 3. The van der Waals surface area contributed by atoms with Gasteiger partial charge in [-0.2, -0.15) is 0 Å². The van der Waals surface area contributed by atoms with Crippen molar-refractivity contribution >= 4 is 28.4 Å². The molecule has 0 saturated carbocycles. The number of ether oxygens (including phenoxy) is 1. The fourth-order valence-corrected chi connectivity index (χ4v) is 2.99. The molecule has 2 aromatic rings. The summed E-state index contributed by atoms with van der Waals surface area (Å²) in [5.74, 6) is 0.0186. The molecule has 1 aromatic heterocycles. The second kappa shape index (κ2) is 6.00. The van der Waals surface area contributed by atoms with E-state index in [1.165, 1.54) is 0 Å². The standard InChI is InChI=1S/C16H17ClN2O2/c1-21-11-6-8-19(9-7-11)16(20)13-10-15(17)18-14-5-3-2-4-12(13)14/h2-5,10-11H,6-9H2,1H3. The molecule has 0 bridgehead atoms. The van der Waals surface area contributed by atoms with Crippen LogP contribution >= 0.6 is 11.6 Å². The molecule has 1 aliphatic rings. The van der Waals surface area contributed by atoms with E-state index >= 15 is 0 Å². The lowest BCUT2D eigenvalue weighted by Crippen LogP contribution is -2.40. The number of benzene rings is 1. The number of aromatic nitrogens is 1. The second-order valence-electron chi connectivity index (χ2n) is 5.24. The second-order valence-corrected chi connectivity index (χ2v) is 5.62. The lowest BCUT2D eigenvalue weighted by atomic mass is 10.0. The molecule has 0 unspecified atom stereocenters. The number of hydrogen-bond donors (Lipinski definition) is 0. The monoisotopic (exact) mass is 304 g/mol. The van der Waals surface area contributed by atoms with Gasteiger partial charge in [0.05, 0.1) is 17.2 Å². The summed E-state index contributed by atoms with van der Waals surface area (Å²) in [7, 11) is 1.72. The van der Waals surface area contributed by atoms with Crippen molar-refractivity contribution in [1.29, 1.82) is 0 Å². The van der Waals surface area contributed by atoms with Crippen molar-refractivity contribution < 1.29 is 9.53 Å². The van der Waals surface area contributed by atoms with Crippen molar-refractivity contribution in [2.75, 3.05) is 20.2 Å². The molecular formula is C16H17ClN2O2. The van der Waals surface area contributed by atoms with Crippen LogP contribution in [0.15, 0.2) is 30.3 Å². The largest absolute Gasteiger partial charge is 0.381 e. The molecule has 1 amide bonds. The van der Waals surface area contributed by atoms with Gasteiger partial charge in [0.1, 0.15) is 5.15 Å². The quantitative estimate of drug-likeness (QED) is 0.801. The maximum Gasteiger partial charge on any atom is 0.254 e. The van der Waals surface area contributed by atoms with Gasteiger partial charge in [0, 0.05) is 25.6 Å². The molecule has 5 heteroatoms. The fourth-order valence-electron chi connectivity index (χ4n) is 2.78. The van der Waals surface area contributed by atoms with Crippen molar-refractivity contribution in [3.8, 4) is 0 Å². The fraction of sp³-hybridized carbons (Fsp3) is 0.375. The van der Waals surface area contributed by atoms with E-state index in [2.05, 4.69) is 4.98 Å². The molecule has 2 heterocycles. The van der Waals surface area contributed by atoms with E-state index < -0.39 is 0 Å². The molecule has 0 spiro atoms. The molecule has 0 atom stereocenters. The van der Waals surface area contributed by atoms with E-state index in [0.29, 0.717) is 23.8 Å². The highest BCUT2D eigenvalue weighted by Crippen LogP contribution is 2.24. The van der Waals surface area contributed by atoms with Gasteiger partial charge >= 0.3 is 0 Å². The van der Waals surface area contributed by atoms with E-state index in [9.17, 15) is 4.79 Å². The minimum absolute atomic E-state index is 0.0186. The molecule has 1 aliphatic heterocycles. The average Bonchev–Trinajstić information content (AvgIpc) is 2.53. The Morgan fingerprint density at radius 3 is 2.76 bits per heavy atom. The Morgan fingerprint density at radius 2 is 2.05 bits per heavy atom. The van der Waals surface area contributed by atoms with Crippen LogP contribution in [0.25, 0.3) is 10.9 Å². The van der Waals surface area contributed by atoms with Gasteiger partial charge in [-0.15, -0.1) is 0 Å². The van der Waals surface area contributed by atoms with E-state index in [1.807, 2.05) is 29.2 Å². The van der Waals surface area contributed by atoms with Crippen LogP contribution in [0.1, 0.15) is 23.2 Å². The van der Waals surface area contributed by atoms with Gasteiger partial charge < -0.3 is 9.64 Å². The van der Waals surface area contributed by atoms with Gasteiger partial charge in [0.25, 0.3) is 5.91 Å². The van der Waals surface area contributed by atoms with Gasteiger partial charge in [-0.05, 0) is 25.0 Å². The Labute approximate surface area is 128 Å². The van der Waals surface area contributed by atoms with E-state index in [0.717, 1.165) is 23.7 Å². The van der Waals surface area contributed by atoms with Crippen LogP contribution in [0.5, 0.6) is 0 Å². The Hall–Kier alpha value is -1.65. The normalized spacial score (nSPS) is 16.4. The summed E-state index contributed by atoms with van der Waals surface area (Å²) in [5.41, 5.74) is 1.38. The highest BCUT2D eigenvalue weighted by molar-refractivity contribution is 6.30.